The first-order chi connectivity index (χ1) is 10.8. The Hall–Kier alpha value is -1.84. The van der Waals surface area contributed by atoms with Gasteiger partial charge in [-0.1, -0.05) is 51.1 Å². The smallest absolute Gasteiger partial charge is 0.245 e. The Morgan fingerprint density at radius 2 is 1.74 bits per heavy atom. The highest BCUT2D eigenvalue weighted by molar-refractivity contribution is 5.88. The van der Waals surface area contributed by atoms with Crippen molar-refractivity contribution in [1.29, 1.82) is 0 Å². The van der Waals surface area contributed by atoms with Gasteiger partial charge in [-0.25, -0.2) is 0 Å². The van der Waals surface area contributed by atoms with Crippen molar-refractivity contribution in [2.75, 3.05) is 13.1 Å². The lowest BCUT2D eigenvalue weighted by atomic mass is 9.91. The van der Waals surface area contributed by atoms with Gasteiger partial charge in [0.15, 0.2) is 0 Å². The molecule has 1 aliphatic heterocycles. The van der Waals surface area contributed by atoms with Gasteiger partial charge in [0.25, 0.3) is 0 Å². The zero-order valence-corrected chi connectivity index (χ0v) is 14.5. The van der Waals surface area contributed by atoms with E-state index in [1.165, 1.54) is 0 Å². The maximum Gasteiger partial charge on any atom is 0.245 e. The van der Waals surface area contributed by atoms with Crippen molar-refractivity contribution in [3.63, 3.8) is 0 Å². The van der Waals surface area contributed by atoms with Crippen molar-refractivity contribution in [3.05, 3.63) is 35.9 Å². The maximum absolute atomic E-state index is 12.8. The number of rotatable bonds is 5. The van der Waals surface area contributed by atoms with Gasteiger partial charge in [-0.2, -0.15) is 0 Å². The number of benzene rings is 1. The first kappa shape index (κ1) is 17.5. The van der Waals surface area contributed by atoms with Crippen LogP contribution in [0.1, 0.15) is 45.6 Å². The van der Waals surface area contributed by atoms with E-state index in [1.807, 2.05) is 56.0 Å². The summed E-state index contributed by atoms with van der Waals surface area (Å²) in [6.07, 6.45) is 3.08. The lowest BCUT2D eigenvalue weighted by Crippen LogP contribution is -2.49. The van der Waals surface area contributed by atoms with Crippen LogP contribution in [0, 0.1) is 5.41 Å². The Morgan fingerprint density at radius 3 is 2.30 bits per heavy atom. The van der Waals surface area contributed by atoms with Crippen LogP contribution in [-0.4, -0.2) is 35.8 Å². The molecule has 0 bridgehead atoms. The van der Waals surface area contributed by atoms with Gasteiger partial charge < -0.3 is 10.2 Å². The van der Waals surface area contributed by atoms with E-state index in [0.29, 0.717) is 12.8 Å². The van der Waals surface area contributed by atoms with Crippen molar-refractivity contribution in [1.82, 2.24) is 10.2 Å². The molecule has 0 radical (unpaired) electrons. The van der Waals surface area contributed by atoms with Crippen LogP contribution in [0.2, 0.25) is 0 Å². The summed E-state index contributed by atoms with van der Waals surface area (Å²) < 4.78 is 0. The van der Waals surface area contributed by atoms with Crippen molar-refractivity contribution in [3.8, 4) is 0 Å². The number of hydrogen-bond donors (Lipinski definition) is 1. The van der Waals surface area contributed by atoms with Crippen LogP contribution in [0.5, 0.6) is 0 Å². The molecule has 2 rings (SSSR count). The van der Waals surface area contributed by atoms with Crippen molar-refractivity contribution < 1.29 is 9.59 Å². The van der Waals surface area contributed by atoms with Crippen LogP contribution in [0.4, 0.5) is 0 Å². The van der Waals surface area contributed by atoms with E-state index >= 15 is 0 Å². The largest absolute Gasteiger partial charge is 0.344 e. The van der Waals surface area contributed by atoms with E-state index in [9.17, 15) is 9.59 Å². The molecule has 4 nitrogen and oxygen atoms in total. The zero-order chi connectivity index (χ0) is 16.9. The van der Waals surface area contributed by atoms with Gasteiger partial charge in [0.1, 0.15) is 6.04 Å². The Balaban J connectivity index is 2.07. The fraction of sp³-hybridized carbons (Fsp3) is 0.579. The van der Waals surface area contributed by atoms with Crippen LogP contribution in [-0.2, 0) is 16.0 Å². The van der Waals surface area contributed by atoms with Crippen LogP contribution < -0.4 is 5.32 Å². The van der Waals surface area contributed by atoms with Gasteiger partial charge in [-0.3, -0.25) is 9.59 Å². The number of nitrogens with one attached hydrogen (secondary N) is 1. The predicted molar refractivity (Wildman–Crippen MR) is 92.0 cm³/mol. The summed E-state index contributed by atoms with van der Waals surface area (Å²) in [5.41, 5.74) is 0.985. The Bertz CT molecular complexity index is 528. The van der Waals surface area contributed by atoms with E-state index in [2.05, 4.69) is 5.32 Å². The van der Waals surface area contributed by atoms with Gasteiger partial charge in [0.2, 0.25) is 11.8 Å². The molecule has 0 aromatic heterocycles. The highest BCUT2D eigenvalue weighted by atomic mass is 16.2. The standard InChI is InChI=1S/C19H28N2O2/c1-19(2,3)14-17(22)20-16(13-15-9-5-4-6-10-15)18(23)21-11-7-8-12-21/h4-6,9-10,16H,7-8,11-14H2,1-3H3,(H,20,22)/t16-/m1/s1. The summed E-state index contributed by atoms with van der Waals surface area (Å²) in [5, 5.41) is 2.97. The minimum Gasteiger partial charge on any atom is -0.344 e. The van der Waals surface area contributed by atoms with Gasteiger partial charge in [-0.05, 0) is 23.8 Å². The summed E-state index contributed by atoms with van der Waals surface area (Å²) in [6.45, 7) is 7.70. The molecule has 1 N–H and O–H groups in total. The van der Waals surface area contributed by atoms with Crippen molar-refractivity contribution in [2.24, 2.45) is 5.41 Å². The summed E-state index contributed by atoms with van der Waals surface area (Å²) in [5.74, 6) is -0.000379. The third-order valence-electron chi connectivity index (χ3n) is 4.02. The topological polar surface area (TPSA) is 49.4 Å². The molecule has 1 aliphatic rings. The summed E-state index contributed by atoms with van der Waals surface area (Å²) in [7, 11) is 0. The molecule has 4 heteroatoms. The average Bonchev–Trinajstić information content (AvgIpc) is 2.99. The number of carbonyl (C=O) groups is 2. The fourth-order valence-electron chi connectivity index (χ4n) is 2.93. The monoisotopic (exact) mass is 316 g/mol. The van der Waals surface area contributed by atoms with Crippen LogP contribution in [0.3, 0.4) is 0 Å². The van der Waals surface area contributed by atoms with Crippen LogP contribution >= 0.6 is 0 Å². The van der Waals surface area contributed by atoms with Gasteiger partial charge in [0.05, 0.1) is 0 Å². The van der Waals surface area contributed by atoms with Crippen LogP contribution in [0.15, 0.2) is 30.3 Å². The lowest BCUT2D eigenvalue weighted by Gasteiger charge is -2.26. The predicted octanol–water partition coefficient (Wildman–Crippen LogP) is 2.77. The number of hydrogen-bond acceptors (Lipinski definition) is 2. The molecule has 23 heavy (non-hydrogen) atoms. The Labute approximate surface area is 139 Å². The summed E-state index contributed by atoms with van der Waals surface area (Å²) in [6, 6.07) is 9.41. The van der Waals surface area contributed by atoms with Crippen LogP contribution in [0.25, 0.3) is 0 Å². The summed E-state index contributed by atoms with van der Waals surface area (Å²) >= 11 is 0. The third-order valence-corrected chi connectivity index (χ3v) is 4.02. The molecule has 126 valence electrons. The number of nitrogens with zero attached hydrogens (tertiary/aromatic N) is 1. The molecule has 0 unspecified atom stereocenters. The Morgan fingerprint density at radius 1 is 1.13 bits per heavy atom. The molecule has 1 atom stereocenters. The summed E-state index contributed by atoms with van der Waals surface area (Å²) in [4.78, 5) is 26.9. The number of likely N-dealkylation sites (tertiary alicyclic amines) is 1. The molecule has 1 aromatic rings. The SMILES string of the molecule is CC(C)(C)CC(=O)N[C@H](Cc1ccccc1)C(=O)N1CCCC1. The van der Waals surface area contributed by atoms with Gasteiger partial charge in [0, 0.05) is 25.9 Å². The number of carbonyl (C=O) groups excluding carboxylic acids is 2. The molecule has 1 saturated heterocycles. The molecule has 1 aromatic carbocycles. The second-order valence-corrected chi connectivity index (χ2v) is 7.58. The van der Waals surface area contributed by atoms with E-state index in [0.717, 1.165) is 31.5 Å². The average molecular weight is 316 g/mol. The minimum absolute atomic E-state index is 0.0496. The highest BCUT2D eigenvalue weighted by Crippen LogP contribution is 2.19. The van der Waals surface area contributed by atoms with E-state index in [-0.39, 0.29) is 17.2 Å². The van der Waals surface area contributed by atoms with E-state index in [4.69, 9.17) is 0 Å². The fourth-order valence-corrected chi connectivity index (χ4v) is 2.93. The maximum atomic E-state index is 12.8. The zero-order valence-electron chi connectivity index (χ0n) is 14.5. The molecule has 0 aliphatic carbocycles. The highest BCUT2D eigenvalue weighted by Gasteiger charge is 2.29. The molecular formula is C19H28N2O2. The van der Waals surface area contributed by atoms with Gasteiger partial charge >= 0.3 is 0 Å². The minimum atomic E-state index is -0.467. The molecule has 0 saturated carbocycles. The second kappa shape index (κ2) is 7.62. The Kier molecular flexibility index (Phi) is 5.80. The molecular weight excluding hydrogens is 288 g/mol. The molecule has 0 spiro atoms. The number of amides is 2. The quantitative estimate of drug-likeness (QED) is 0.908. The third kappa shape index (κ3) is 5.70. The van der Waals surface area contributed by atoms with E-state index < -0.39 is 6.04 Å². The van der Waals surface area contributed by atoms with E-state index in [1.54, 1.807) is 0 Å². The lowest BCUT2D eigenvalue weighted by molar-refractivity contribution is -0.136. The molecule has 1 heterocycles. The molecule has 1 fully saturated rings. The first-order valence-electron chi connectivity index (χ1n) is 8.47. The normalized spacial score (nSPS) is 16.2. The molecule has 2 amide bonds. The van der Waals surface area contributed by atoms with Gasteiger partial charge in [-0.15, -0.1) is 0 Å². The van der Waals surface area contributed by atoms with Crippen molar-refractivity contribution in [2.45, 2.75) is 52.5 Å². The second-order valence-electron chi connectivity index (χ2n) is 7.58. The van der Waals surface area contributed by atoms with Crippen molar-refractivity contribution >= 4 is 11.8 Å². The first-order valence-corrected chi connectivity index (χ1v) is 8.47.